The summed E-state index contributed by atoms with van der Waals surface area (Å²) in [4.78, 5) is 34.9. The standard InChI is InChI=1S/C42H48F2N6O5/c1-7-26-21-49-27(22-50(26)40(51)55-41(3,4)5)12-14-32-34-37(46-39(47-38(34)49)53-23-42-15-9-17-48(42)18-10-16-42)35(44)36(45-32)30-20-28(54-24-52-6)19-25-11-13-31(43)29(8-2)33(25)30/h2,11,13,19-20,26-27H,7,9-10,12,14-18,21-24H2,1,3-6H3/t26-,27-/m1/s1. The first-order valence-corrected chi connectivity index (χ1v) is 19.3. The number of amides is 1. The number of ether oxygens (including phenoxy) is 4. The van der Waals surface area contributed by atoms with Crippen molar-refractivity contribution in [2.75, 3.05) is 51.6 Å². The first-order chi connectivity index (χ1) is 26.4. The molecule has 0 bridgehead atoms. The smallest absolute Gasteiger partial charge is 0.410 e. The van der Waals surface area contributed by atoms with Crippen molar-refractivity contribution in [3.63, 3.8) is 0 Å². The van der Waals surface area contributed by atoms with Gasteiger partial charge in [-0.05, 0) is 102 Å². The van der Waals surface area contributed by atoms with Crippen LogP contribution in [0.15, 0.2) is 24.3 Å². The van der Waals surface area contributed by atoms with Crippen LogP contribution in [0.2, 0.25) is 0 Å². The molecule has 0 saturated carbocycles. The van der Waals surface area contributed by atoms with Crippen LogP contribution in [0.5, 0.6) is 11.8 Å². The van der Waals surface area contributed by atoms with E-state index in [0.29, 0.717) is 72.4 Å². The lowest BCUT2D eigenvalue weighted by Crippen LogP contribution is -2.60. The summed E-state index contributed by atoms with van der Waals surface area (Å²) in [6, 6.07) is 5.94. The number of pyridine rings is 1. The van der Waals surface area contributed by atoms with Gasteiger partial charge in [-0.1, -0.05) is 18.9 Å². The van der Waals surface area contributed by atoms with Crippen LogP contribution < -0.4 is 14.4 Å². The van der Waals surface area contributed by atoms with Gasteiger partial charge in [0.15, 0.2) is 12.6 Å². The van der Waals surface area contributed by atoms with Crippen molar-refractivity contribution in [1.29, 1.82) is 0 Å². The average molecular weight is 755 g/mol. The molecule has 13 heteroatoms. The minimum absolute atomic E-state index is 0.00716. The van der Waals surface area contributed by atoms with Crippen molar-refractivity contribution in [3.05, 3.63) is 47.2 Å². The van der Waals surface area contributed by atoms with Crippen molar-refractivity contribution in [1.82, 2.24) is 24.8 Å². The molecule has 6 heterocycles. The molecule has 2 aromatic heterocycles. The molecule has 4 aromatic rings. The van der Waals surface area contributed by atoms with Gasteiger partial charge in [-0.3, -0.25) is 4.90 Å². The normalized spacial score (nSPS) is 20.6. The number of aryl methyl sites for hydroxylation is 1. The highest BCUT2D eigenvalue weighted by molar-refractivity contribution is 6.03. The maximum atomic E-state index is 17.6. The number of anilines is 1. The van der Waals surface area contributed by atoms with E-state index < -0.39 is 17.2 Å². The molecule has 0 unspecified atom stereocenters. The number of carbonyl (C=O) groups excluding carboxylic acids is 1. The van der Waals surface area contributed by atoms with Gasteiger partial charge in [0, 0.05) is 37.2 Å². The fourth-order valence-corrected chi connectivity index (χ4v) is 9.10. The van der Waals surface area contributed by atoms with E-state index in [-0.39, 0.29) is 58.9 Å². The van der Waals surface area contributed by atoms with Gasteiger partial charge >= 0.3 is 12.1 Å². The number of rotatable bonds is 8. The molecule has 4 aliphatic rings. The molecule has 11 nitrogen and oxygen atoms in total. The molecule has 2 atom stereocenters. The first-order valence-electron chi connectivity index (χ1n) is 19.3. The fraction of sp³-hybridized carbons (Fsp3) is 0.524. The van der Waals surface area contributed by atoms with Gasteiger partial charge in [-0.15, -0.1) is 6.42 Å². The zero-order chi connectivity index (χ0) is 38.6. The average Bonchev–Trinajstić information content (AvgIpc) is 3.71. The summed E-state index contributed by atoms with van der Waals surface area (Å²) in [6.07, 6.45) is 11.5. The van der Waals surface area contributed by atoms with Crippen LogP contribution in [0.4, 0.5) is 19.4 Å². The summed E-state index contributed by atoms with van der Waals surface area (Å²) in [5.74, 6) is 2.07. The molecule has 0 radical (unpaired) electrons. The largest absolute Gasteiger partial charge is 0.468 e. The highest BCUT2D eigenvalue weighted by Gasteiger charge is 2.46. The Morgan fingerprint density at radius 1 is 1.05 bits per heavy atom. The number of fused-ring (bicyclic) bond motifs is 4. The second-order valence-corrected chi connectivity index (χ2v) is 16.2. The van der Waals surface area contributed by atoms with Crippen LogP contribution in [-0.4, -0.2) is 101 Å². The number of piperazine rings is 1. The van der Waals surface area contributed by atoms with Crippen LogP contribution >= 0.6 is 0 Å². The minimum Gasteiger partial charge on any atom is -0.468 e. The molecule has 8 rings (SSSR count). The van der Waals surface area contributed by atoms with Gasteiger partial charge in [0.2, 0.25) is 0 Å². The molecule has 0 aliphatic carbocycles. The minimum atomic E-state index is -0.705. The number of hydrogen-bond acceptors (Lipinski definition) is 10. The molecule has 2 aromatic carbocycles. The van der Waals surface area contributed by atoms with Crippen molar-refractivity contribution in [2.45, 2.75) is 95.9 Å². The van der Waals surface area contributed by atoms with Crippen LogP contribution in [0.1, 0.15) is 77.5 Å². The van der Waals surface area contributed by atoms with E-state index in [9.17, 15) is 4.79 Å². The summed E-state index contributed by atoms with van der Waals surface area (Å²) in [6.45, 7) is 10.9. The van der Waals surface area contributed by atoms with E-state index in [4.69, 9.17) is 40.3 Å². The maximum absolute atomic E-state index is 17.6. The molecule has 290 valence electrons. The van der Waals surface area contributed by atoms with Crippen LogP contribution in [0.25, 0.3) is 32.9 Å². The van der Waals surface area contributed by atoms with Crippen LogP contribution in [-0.2, 0) is 15.9 Å². The van der Waals surface area contributed by atoms with Gasteiger partial charge in [-0.25, -0.2) is 18.6 Å². The molecule has 4 aliphatic heterocycles. The maximum Gasteiger partial charge on any atom is 0.410 e. The third-order valence-corrected chi connectivity index (χ3v) is 11.7. The second-order valence-electron chi connectivity index (χ2n) is 16.2. The molecule has 3 fully saturated rings. The summed E-state index contributed by atoms with van der Waals surface area (Å²) in [5.41, 5.74) is 0.131. The van der Waals surface area contributed by atoms with Crippen molar-refractivity contribution in [3.8, 4) is 35.4 Å². The van der Waals surface area contributed by atoms with Gasteiger partial charge in [0.1, 0.15) is 40.8 Å². The lowest BCUT2D eigenvalue weighted by Gasteiger charge is -2.46. The Morgan fingerprint density at radius 2 is 1.84 bits per heavy atom. The number of carbonyl (C=O) groups is 1. The lowest BCUT2D eigenvalue weighted by molar-refractivity contribution is 0.00970. The molecular weight excluding hydrogens is 706 g/mol. The van der Waals surface area contributed by atoms with E-state index in [1.807, 2.05) is 32.6 Å². The van der Waals surface area contributed by atoms with E-state index >= 15 is 8.78 Å². The number of methoxy groups -OCH3 is 1. The number of hydrogen-bond donors (Lipinski definition) is 0. The number of terminal acetylenes is 1. The number of benzene rings is 2. The summed E-state index contributed by atoms with van der Waals surface area (Å²) in [5, 5.41) is 1.39. The van der Waals surface area contributed by atoms with Gasteiger partial charge in [0.05, 0.1) is 28.2 Å². The molecule has 0 N–H and O–H groups in total. The Balaban J connectivity index is 1.30. The lowest BCUT2D eigenvalue weighted by atomic mass is 9.95. The molecule has 0 spiro atoms. The fourth-order valence-electron chi connectivity index (χ4n) is 9.10. The van der Waals surface area contributed by atoms with Gasteiger partial charge in [-0.2, -0.15) is 9.97 Å². The monoisotopic (exact) mass is 754 g/mol. The van der Waals surface area contributed by atoms with Crippen molar-refractivity contribution in [2.24, 2.45) is 0 Å². The number of nitrogens with zero attached hydrogens (tertiary/aromatic N) is 6. The zero-order valence-corrected chi connectivity index (χ0v) is 32.2. The highest BCUT2D eigenvalue weighted by Crippen LogP contribution is 2.44. The Hall–Kier alpha value is -4.80. The molecular formula is C42H48F2N6O5. The SMILES string of the molecule is C#Cc1c(F)ccc2cc(OCOC)cc(-c3nc4c5c(nc(OCC67CCCN6CCC7)nc5c3F)N3C[C@@H](CC)N(C(=O)OC(C)(C)C)C[C@H]3CC4)c12. The highest BCUT2D eigenvalue weighted by atomic mass is 19.1. The molecule has 3 saturated heterocycles. The molecule has 55 heavy (non-hydrogen) atoms. The van der Waals surface area contributed by atoms with Crippen LogP contribution in [0, 0.1) is 24.0 Å². The molecule has 1 amide bonds. The number of halogens is 2. The van der Waals surface area contributed by atoms with E-state index in [1.165, 1.54) is 13.2 Å². The van der Waals surface area contributed by atoms with E-state index in [0.717, 1.165) is 38.8 Å². The van der Waals surface area contributed by atoms with Crippen molar-refractivity contribution >= 4 is 33.6 Å². The summed E-state index contributed by atoms with van der Waals surface area (Å²) < 4.78 is 56.2. The van der Waals surface area contributed by atoms with Gasteiger partial charge in [0.25, 0.3) is 0 Å². The van der Waals surface area contributed by atoms with Gasteiger partial charge < -0.3 is 28.7 Å². The Bertz CT molecular complexity index is 2190. The summed E-state index contributed by atoms with van der Waals surface area (Å²) >= 11 is 0. The van der Waals surface area contributed by atoms with Crippen molar-refractivity contribution < 1.29 is 32.5 Å². The predicted octanol–water partition coefficient (Wildman–Crippen LogP) is 7.24. The number of aromatic nitrogens is 3. The summed E-state index contributed by atoms with van der Waals surface area (Å²) in [7, 11) is 1.50. The Kier molecular flexibility index (Phi) is 9.70. The van der Waals surface area contributed by atoms with E-state index in [1.54, 1.807) is 18.2 Å². The Morgan fingerprint density at radius 3 is 2.55 bits per heavy atom. The second kappa shape index (κ2) is 14.4. The quantitative estimate of drug-likeness (QED) is 0.135. The topological polar surface area (TPSA) is 102 Å². The third kappa shape index (κ3) is 6.67. The third-order valence-electron chi connectivity index (χ3n) is 11.7. The zero-order valence-electron chi connectivity index (χ0n) is 32.2. The Labute approximate surface area is 320 Å². The van der Waals surface area contributed by atoms with Crippen LogP contribution in [0.3, 0.4) is 0 Å². The van der Waals surface area contributed by atoms with E-state index in [2.05, 4.69) is 15.7 Å². The first kappa shape index (κ1) is 37.1. The predicted molar refractivity (Wildman–Crippen MR) is 205 cm³/mol.